The molecule has 0 atom stereocenters. The number of esters is 1. The number of carbonyl (C=O) groups is 3. The Morgan fingerprint density at radius 1 is 1.44 bits per heavy atom. The molecule has 1 rings (SSSR count). The van der Waals surface area contributed by atoms with E-state index in [4.69, 9.17) is 5.73 Å². The summed E-state index contributed by atoms with van der Waals surface area (Å²) in [6.07, 6.45) is 2.81. The average Bonchev–Trinajstić information content (AvgIpc) is 2.84. The second-order valence-corrected chi connectivity index (χ2v) is 4.02. The van der Waals surface area contributed by atoms with Gasteiger partial charge in [0, 0.05) is 6.08 Å². The second-order valence-electron chi connectivity index (χ2n) is 3.24. The van der Waals surface area contributed by atoms with Gasteiger partial charge in [-0.25, -0.2) is 4.79 Å². The number of rotatable bonds is 6. The summed E-state index contributed by atoms with van der Waals surface area (Å²) in [5, 5.41) is 5.94. The molecule has 0 unspecified atom stereocenters. The molecule has 1 heterocycles. The van der Waals surface area contributed by atoms with Crippen molar-refractivity contribution in [2.45, 2.75) is 0 Å². The van der Waals surface area contributed by atoms with Crippen LogP contribution < -0.4 is 11.1 Å². The lowest BCUT2D eigenvalue weighted by Crippen LogP contribution is -2.35. The van der Waals surface area contributed by atoms with E-state index < -0.39 is 24.4 Å². The SMILES string of the molecule is NC(=O)CNC(=O)COC(=O)/C=C/c1ccsc1. The number of amides is 2. The van der Waals surface area contributed by atoms with Crippen molar-refractivity contribution in [1.82, 2.24) is 5.32 Å². The van der Waals surface area contributed by atoms with E-state index in [0.717, 1.165) is 5.56 Å². The summed E-state index contributed by atoms with van der Waals surface area (Å²) >= 11 is 1.51. The second kappa shape index (κ2) is 7.23. The minimum absolute atomic E-state index is 0.277. The molecule has 2 amide bonds. The van der Waals surface area contributed by atoms with Crippen LogP contribution in [0.5, 0.6) is 0 Å². The van der Waals surface area contributed by atoms with E-state index in [9.17, 15) is 14.4 Å². The summed E-state index contributed by atoms with van der Waals surface area (Å²) < 4.78 is 4.65. The average molecular weight is 268 g/mol. The number of nitrogens with two attached hydrogens (primary N) is 1. The van der Waals surface area contributed by atoms with Gasteiger partial charge in [0.25, 0.3) is 5.91 Å². The summed E-state index contributed by atoms with van der Waals surface area (Å²) in [6, 6.07) is 1.84. The highest BCUT2D eigenvalue weighted by Gasteiger charge is 2.05. The Hall–Kier alpha value is -2.15. The molecule has 0 aliphatic heterocycles. The van der Waals surface area contributed by atoms with Gasteiger partial charge in [0.2, 0.25) is 5.91 Å². The number of primary amides is 1. The summed E-state index contributed by atoms with van der Waals surface area (Å²) in [7, 11) is 0. The van der Waals surface area contributed by atoms with Crippen LogP contribution in [0.4, 0.5) is 0 Å². The zero-order valence-corrected chi connectivity index (χ0v) is 10.2. The molecule has 18 heavy (non-hydrogen) atoms. The Bertz CT molecular complexity index is 454. The smallest absolute Gasteiger partial charge is 0.331 e. The molecule has 0 aliphatic carbocycles. The van der Waals surface area contributed by atoms with Gasteiger partial charge in [-0.2, -0.15) is 11.3 Å². The van der Waals surface area contributed by atoms with Gasteiger partial charge in [-0.05, 0) is 28.5 Å². The van der Waals surface area contributed by atoms with E-state index in [0.29, 0.717) is 0 Å². The van der Waals surface area contributed by atoms with Crippen LogP contribution in [0, 0.1) is 0 Å². The Morgan fingerprint density at radius 3 is 2.83 bits per heavy atom. The molecule has 0 saturated heterocycles. The molecule has 0 spiro atoms. The summed E-state index contributed by atoms with van der Waals surface area (Å²) in [6.45, 7) is -0.721. The topological polar surface area (TPSA) is 98.5 Å². The molecule has 0 aromatic carbocycles. The molecular weight excluding hydrogens is 256 g/mol. The minimum atomic E-state index is -0.660. The molecule has 7 heteroatoms. The predicted molar refractivity (Wildman–Crippen MR) is 66.5 cm³/mol. The highest BCUT2D eigenvalue weighted by atomic mass is 32.1. The molecule has 0 aliphatic rings. The van der Waals surface area contributed by atoms with Gasteiger partial charge in [0.1, 0.15) is 0 Å². The molecule has 96 valence electrons. The fraction of sp³-hybridized carbons (Fsp3) is 0.182. The number of hydrogen-bond acceptors (Lipinski definition) is 5. The first kappa shape index (κ1) is 13.9. The minimum Gasteiger partial charge on any atom is -0.452 e. The third-order valence-electron chi connectivity index (χ3n) is 1.76. The van der Waals surface area contributed by atoms with Crippen molar-refractivity contribution >= 4 is 35.2 Å². The first-order valence-electron chi connectivity index (χ1n) is 5.00. The van der Waals surface area contributed by atoms with Gasteiger partial charge in [0.15, 0.2) is 6.61 Å². The number of ether oxygens (including phenoxy) is 1. The highest BCUT2D eigenvalue weighted by molar-refractivity contribution is 7.08. The van der Waals surface area contributed by atoms with Gasteiger partial charge in [-0.1, -0.05) is 0 Å². The summed E-state index contributed by atoms with van der Waals surface area (Å²) in [4.78, 5) is 32.6. The number of nitrogens with one attached hydrogen (secondary N) is 1. The fourth-order valence-corrected chi connectivity index (χ4v) is 1.58. The molecule has 0 saturated carbocycles. The highest BCUT2D eigenvalue weighted by Crippen LogP contribution is 2.07. The van der Waals surface area contributed by atoms with Crippen molar-refractivity contribution in [3.63, 3.8) is 0 Å². The fourth-order valence-electron chi connectivity index (χ4n) is 0.956. The standard InChI is InChI=1S/C11H12N2O4S/c12-9(14)5-13-10(15)6-17-11(16)2-1-8-3-4-18-7-8/h1-4,7H,5-6H2,(H2,12,14)(H,13,15)/b2-1+. The number of carbonyl (C=O) groups excluding carboxylic acids is 3. The third-order valence-corrected chi connectivity index (χ3v) is 2.46. The lowest BCUT2D eigenvalue weighted by Gasteiger charge is -2.02. The molecule has 0 radical (unpaired) electrons. The van der Waals surface area contributed by atoms with Gasteiger partial charge in [-0.3, -0.25) is 9.59 Å². The Labute approximate surface area is 107 Å². The van der Waals surface area contributed by atoms with Crippen LogP contribution in [-0.4, -0.2) is 30.9 Å². The largest absolute Gasteiger partial charge is 0.452 e. The molecule has 1 aromatic rings. The molecular formula is C11H12N2O4S. The van der Waals surface area contributed by atoms with E-state index >= 15 is 0 Å². The van der Waals surface area contributed by atoms with Crippen LogP contribution in [0.2, 0.25) is 0 Å². The molecule has 6 nitrogen and oxygen atoms in total. The number of thiophene rings is 1. The quantitative estimate of drug-likeness (QED) is 0.556. The maximum atomic E-state index is 11.2. The maximum Gasteiger partial charge on any atom is 0.331 e. The van der Waals surface area contributed by atoms with Crippen molar-refractivity contribution in [3.05, 3.63) is 28.5 Å². The Kier molecular flexibility index (Phi) is 5.59. The molecule has 3 N–H and O–H groups in total. The van der Waals surface area contributed by atoms with Crippen LogP contribution in [0.1, 0.15) is 5.56 Å². The normalized spacial score (nSPS) is 10.2. The maximum absolute atomic E-state index is 11.2. The van der Waals surface area contributed by atoms with Crippen molar-refractivity contribution < 1.29 is 19.1 Å². The van der Waals surface area contributed by atoms with Crippen molar-refractivity contribution in [2.75, 3.05) is 13.2 Å². The molecule has 0 bridgehead atoms. The van der Waals surface area contributed by atoms with Gasteiger partial charge < -0.3 is 15.8 Å². The first-order valence-corrected chi connectivity index (χ1v) is 5.94. The van der Waals surface area contributed by atoms with Gasteiger partial charge >= 0.3 is 5.97 Å². The predicted octanol–water partition coefficient (Wildman–Crippen LogP) is -0.0940. The third kappa shape index (κ3) is 5.80. The Balaban J connectivity index is 2.24. The summed E-state index contributed by atoms with van der Waals surface area (Å²) in [5.74, 6) is -1.87. The van der Waals surface area contributed by atoms with Crippen LogP contribution in [0.15, 0.2) is 22.9 Å². The monoisotopic (exact) mass is 268 g/mol. The van der Waals surface area contributed by atoms with Crippen LogP contribution in [0.25, 0.3) is 6.08 Å². The molecule has 0 fully saturated rings. The zero-order valence-electron chi connectivity index (χ0n) is 9.42. The van der Waals surface area contributed by atoms with E-state index in [1.807, 2.05) is 16.8 Å². The Morgan fingerprint density at radius 2 is 2.22 bits per heavy atom. The van der Waals surface area contributed by atoms with Crippen molar-refractivity contribution in [1.29, 1.82) is 0 Å². The van der Waals surface area contributed by atoms with Crippen molar-refractivity contribution in [2.24, 2.45) is 5.73 Å². The van der Waals surface area contributed by atoms with E-state index in [1.54, 1.807) is 6.08 Å². The van der Waals surface area contributed by atoms with Gasteiger partial charge in [-0.15, -0.1) is 0 Å². The lowest BCUT2D eigenvalue weighted by atomic mass is 10.3. The zero-order chi connectivity index (χ0) is 13.4. The van der Waals surface area contributed by atoms with Crippen LogP contribution in [-0.2, 0) is 19.1 Å². The van der Waals surface area contributed by atoms with Gasteiger partial charge in [0.05, 0.1) is 6.54 Å². The molecule has 1 aromatic heterocycles. The van der Waals surface area contributed by atoms with E-state index in [2.05, 4.69) is 10.1 Å². The van der Waals surface area contributed by atoms with E-state index in [-0.39, 0.29) is 6.54 Å². The van der Waals surface area contributed by atoms with Crippen LogP contribution in [0.3, 0.4) is 0 Å². The van der Waals surface area contributed by atoms with Crippen molar-refractivity contribution in [3.8, 4) is 0 Å². The van der Waals surface area contributed by atoms with E-state index in [1.165, 1.54) is 17.4 Å². The number of hydrogen-bond donors (Lipinski definition) is 2. The van der Waals surface area contributed by atoms with Crippen LogP contribution >= 0.6 is 11.3 Å². The summed E-state index contributed by atoms with van der Waals surface area (Å²) in [5.41, 5.74) is 5.71. The lowest BCUT2D eigenvalue weighted by molar-refractivity contribution is -0.143. The first-order chi connectivity index (χ1) is 8.58.